The number of carbonyl (C=O) groups excluding carboxylic acids is 1. The van der Waals surface area contributed by atoms with E-state index in [2.05, 4.69) is 10.5 Å². The first-order chi connectivity index (χ1) is 5.79. The maximum Gasteiger partial charge on any atom is 0.409 e. The third-order valence-corrected chi connectivity index (χ3v) is 1.02. The molecule has 0 atom stereocenters. The molecule has 0 aromatic heterocycles. The Bertz CT molecular complexity index is 226. The Balaban J connectivity index is 0.000000561. The zero-order chi connectivity index (χ0) is 9.40. The third-order valence-electron chi connectivity index (χ3n) is 0.941. The first-order valence-electron chi connectivity index (χ1n) is 3.29. The first kappa shape index (κ1) is 10.9. The number of hydrogen-bond donors (Lipinski definition) is 1. The molecule has 0 saturated carbocycles. The molecule has 2 N–H and O–H groups in total. The average Bonchev–Trinajstić information content (AvgIpc) is 2.08. The van der Waals surface area contributed by atoms with Gasteiger partial charge in [0.15, 0.2) is 0 Å². The van der Waals surface area contributed by atoms with Gasteiger partial charge in [-0.25, -0.2) is 4.79 Å². The Morgan fingerprint density at radius 2 is 1.83 bits per heavy atom. The smallest absolute Gasteiger partial charge is 0.409 e. The maximum atomic E-state index is 10.2. The lowest BCUT2D eigenvalue weighted by molar-refractivity contribution is 0.225. The molecule has 4 heteroatoms. The number of ether oxygens (including phenoxy) is 1. The van der Waals surface area contributed by atoms with Gasteiger partial charge in [-0.2, -0.15) is 0 Å². The Kier molecular flexibility index (Phi) is 6.05. The van der Waals surface area contributed by atoms with Gasteiger partial charge in [-0.3, -0.25) is 0 Å². The molecule has 1 aromatic carbocycles. The second-order valence-corrected chi connectivity index (χ2v) is 1.96. The van der Waals surface area contributed by atoms with Gasteiger partial charge < -0.3 is 10.5 Å². The number of halogens is 1. The fourth-order valence-corrected chi connectivity index (χ4v) is 0.670. The van der Waals surface area contributed by atoms with Gasteiger partial charge >= 0.3 is 5.43 Å². The van der Waals surface area contributed by atoms with Crippen LogP contribution in [0.25, 0.3) is 0 Å². The van der Waals surface area contributed by atoms with E-state index in [1.54, 1.807) is 24.3 Å². The minimum Gasteiger partial charge on any atom is -0.415 e. The summed E-state index contributed by atoms with van der Waals surface area (Å²) in [5.41, 5.74) is 3.69. The zero-order valence-electron chi connectivity index (χ0n) is 6.66. The second kappa shape index (κ2) is 6.64. The second-order valence-electron chi connectivity index (χ2n) is 1.65. The molecule has 0 saturated heterocycles. The molecule has 0 amide bonds. The van der Waals surface area contributed by atoms with Crippen molar-refractivity contribution in [3.8, 4) is 5.75 Å². The molecule has 1 aromatic rings. The van der Waals surface area contributed by atoms with Crippen LogP contribution in [0.2, 0.25) is 0 Å². The van der Waals surface area contributed by atoms with Crippen LogP contribution in [0.3, 0.4) is 0 Å². The molecule has 66 valence electrons. The SMILES string of the molecule is CN.O=C(Cl)Oc1ccccc1. The molecule has 0 unspecified atom stereocenters. The lowest BCUT2D eigenvalue weighted by atomic mass is 10.3. The normalized spacial score (nSPS) is 7.92. The van der Waals surface area contributed by atoms with Crippen molar-refractivity contribution in [1.29, 1.82) is 0 Å². The summed E-state index contributed by atoms with van der Waals surface area (Å²) in [7, 11) is 1.50. The Labute approximate surface area is 76.1 Å². The molecular weight excluding hydrogens is 178 g/mol. The highest BCUT2D eigenvalue weighted by Gasteiger charge is 1.95. The molecule has 12 heavy (non-hydrogen) atoms. The van der Waals surface area contributed by atoms with Gasteiger partial charge in [0.25, 0.3) is 0 Å². The summed E-state index contributed by atoms with van der Waals surface area (Å²) >= 11 is 4.95. The summed E-state index contributed by atoms with van der Waals surface area (Å²) in [4.78, 5) is 10.2. The van der Waals surface area contributed by atoms with E-state index in [1.165, 1.54) is 7.05 Å². The molecule has 0 aliphatic carbocycles. The molecule has 0 radical (unpaired) electrons. The highest BCUT2D eigenvalue weighted by Crippen LogP contribution is 2.09. The van der Waals surface area contributed by atoms with Crippen LogP contribution in [0.4, 0.5) is 4.79 Å². The van der Waals surface area contributed by atoms with Crippen molar-refractivity contribution in [1.82, 2.24) is 0 Å². The summed E-state index contributed by atoms with van der Waals surface area (Å²) in [5.74, 6) is 0.461. The van der Waals surface area contributed by atoms with E-state index >= 15 is 0 Å². The quantitative estimate of drug-likeness (QED) is 0.685. The van der Waals surface area contributed by atoms with E-state index in [9.17, 15) is 4.79 Å². The number of para-hydroxylation sites is 1. The maximum absolute atomic E-state index is 10.2. The van der Waals surface area contributed by atoms with Crippen LogP contribution in [0.15, 0.2) is 30.3 Å². The average molecular weight is 188 g/mol. The minimum atomic E-state index is -0.814. The summed E-state index contributed by atoms with van der Waals surface area (Å²) in [6.07, 6.45) is 0. The van der Waals surface area contributed by atoms with Crippen LogP contribution in [0, 0.1) is 0 Å². The van der Waals surface area contributed by atoms with Gasteiger partial charge in [0.2, 0.25) is 0 Å². The van der Waals surface area contributed by atoms with Crippen LogP contribution in [0.5, 0.6) is 5.75 Å². The summed E-state index contributed by atoms with van der Waals surface area (Å²) in [6.45, 7) is 0. The van der Waals surface area contributed by atoms with E-state index in [0.29, 0.717) is 5.75 Å². The van der Waals surface area contributed by atoms with Crippen LogP contribution >= 0.6 is 11.6 Å². The van der Waals surface area contributed by atoms with Crippen molar-refractivity contribution >= 4 is 17.0 Å². The van der Waals surface area contributed by atoms with Gasteiger partial charge in [-0.05, 0) is 19.2 Å². The van der Waals surface area contributed by atoms with E-state index in [0.717, 1.165) is 0 Å². The molecule has 3 nitrogen and oxygen atoms in total. The molecule has 0 fully saturated rings. The fourth-order valence-electron chi connectivity index (χ4n) is 0.581. The van der Waals surface area contributed by atoms with E-state index in [-0.39, 0.29) is 0 Å². The van der Waals surface area contributed by atoms with Crippen LogP contribution in [-0.2, 0) is 0 Å². The number of rotatable bonds is 1. The van der Waals surface area contributed by atoms with Crippen LogP contribution in [0.1, 0.15) is 0 Å². The summed E-state index contributed by atoms with van der Waals surface area (Å²) in [5, 5.41) is 0. The first-order valence-corrected chi connectivity index (χ1v) is 3.67. The van der Waals surface area contributed by atoms with Crippen molar-refractivity contribution in [2.45, 2.75) is 0 Å². The van der Waals surface area contributed by atoms with Crippen LogP contribution in [-0.4, -0.2) is 12.5 Å². The third kappa shape index (κ3) is 4.71. The topological polar surface area (TPSA) is 52.3 Å². The molecule has 0 aliphatic rings. The predicted molar refractivity (Wildman–Crippen MR) is 48.4 cm³/mol. The summed E-state index contributed by atoms with van der Waals surface area (Å²) < 4.78 is 4.54. The Morgan fingerprint density at radius 1 is 1.33 bits per heavy atom. The lowest BCUT2D eigenvalue weighted by Crippen LogP contribution is -1.94. The highest BCUT2D eigenvalue weighted by molar-refractivity contribution is 6.61. The molecule has 1 rings (SSSR count). The number of carbonyl (C=O) groups is 1. The number of hydrogen-bond acceptors (Lipinski definition) is 3. The van der Waals surface area contributed by atoms with Gasteiger partial charge in [0, 0.05) is 11.6 Å². The van der Waals surface area contributed by atoms with Gasteiger partial charge in [-0.15, -0.1) is 0 Å². The lowest BCUT2D eigenvalue weighted by Gasteiger charge is -1.95. The van der Waals surface area contributed by atoms with Gasteiger partial charge in [0.05, 0.1) is 0 Å². The monoisotopic (exact) mass is 187 g/mol. The van der Waals surface area contributed by atoms with Crippen LogP contribution < -0.4 is 10.5 Å². The Morgan fingerprint density at radius 3 is 2.25 bits per heavy atom. The van der Waals surface area contributed by atoms with E-state index in [4.69, 9.17) is 11.6 Å². The number of nitrogens with two attached hydrogens (primary N) is 1. The molecular formula is C8H10ClNO2. The fraction of sp³-hybridized carbons (Fsp3) is 0.125. The van der Waals surface area contributed by atoms with Gasteiger partial charge in [0.1, 0.15) is 5.75 Å². The molecule has 0 spiro atoms. The Hall–Kier alpha value is -1.06. The van der Waals surface area contributed by atoms with Crippen molar-refractivity contribution in [3.05, 3.63) is 30.3 Å². The minimum absolute atomic E-state index is 0.461. The number of benzene rings is 1. The van der Waals surface area contributed by atoms with Gasteiger partial charge in [-0.1, -0.05) is 18.2 Å². The highest BCUT2D eigenvalue weighted by atomic mass is 35.5. The van der Waals surface area contributed by atoms with E-state index in [1.807, 2.05) is 6.07 Å². The van der Waals surface area contributed by atoms with Crippen molar-refractivity contribution in [2.24, 2.45) is 5.73 Å². The standard InChI is InChI=1S/C7H5ClO2.CH5N/c8-7(9)10-6-4-2-1-3-5-6;1-2/h1-5H;2H2,1H3. The molecule has 0 heterocycles. The predicted octanol–water partition coefficient (Wildman–Crippen LogP) is 2.00. The van der Waals surface area contributed by atoms with E-state index < -0.39 is 5.43 Å². The van der Waals surface area contributed by atoms with Crippen molar-refractivity contribution in [3.63, 3.8) is 0 Å². The van der Waals surface area contributed by atoms with Crippen molar-refractivity contribution < 1.29 is 9.53 Å². The molecule has 0 bridgehead atoms. The molecule has 0 aliphatic heterocycles. The zero-order valence-corrected chi connectivity index (χ0v) is 7.41. The largest absolute Gasteiger partial charge is 0.415 e. The van der Waals surface area contributed by atoms with Crippen molar-refractivity contribution in [2.75, 3.05) is 7.05 Å². The summed E-state index contributed by atoms with van der Waals surface area (Å²) in [6, 6.07) is 8.65.